The SMILES string of the molecule is Cc1ccc(Oc2ccc(NC(=O)Nc3ccccc3F)cc2)nn1. The van der Waals surface area contributed by atoms with Gasteiger partial charge in [0.25, 0.3) is 0 Å². The van der Waals surface area contributed by atoms with E-state index < -0.39 is 11.8 Å². The molecule has 0 atom stereocenters. The van der Waals surface area contributed by atoms with Crippen LogP contribution in [0.4, 0.5) is 20.6 Å². The highest BCUT2D eigenvalue weighted by molar-refractivity contribution is 5.99. The summed E-state index contributed by atoms with van der Waals surface area (Å²) in [6, 6.07) is 15.6. The number of nitrogens with zero attached hydrogens (tertiary/aromatic N) is 2. The van der Waals surface area contributed by atoms with Gasteiger partial charge in [0.05, 0.1) is 11.4 Å². The summed E-state index contributed by atoms with van der Waals surface area (Å²) in [5.41, 5.74) is 1.45. The number of nitrogens with one attached hydrogen (secondary N) is 2. The monoisotopic (exact) mass is 338 g/mol. The minimum atomic E-state index is -0.539. The minimum absolute atomic E-state index is 0.109. The molecule has 0 unspecified atom stereocenters. The molecule has 0 spiro atoms. The molecule has 0 saturated carbocycles. The Bertz CT molecular complexity index is 867. The van der Waals surface area contributed by atoms with E-state index in [-0.39, 0.29) is 5.69 Å². The molecule has 0 aliphatic carbocycles. The van der Waals surface area contributed by atoms with Crippen molar-refractivity contribution in [2.24, 2.45) is 0 Å². The van der Waals surface area contributed by atoms with Gasteiger partial charge in [0.15, 0.2) is 0 Å². The molecule has 3 rings (SSSR count). The van der Waals surface area contributed by atoms with Crippen molar-refractivity contribution in [1.82, 2.24) is 10.2 Å². The van der Waals surface area contributed by atoms with Gasteiger partial charge in [-0.15, -0.1) is 5.10 Å². The van der Waals surface area contributed by atoms with Crippen LogP contribution in [-0.4, -0.2) is 16.2 Å². The van der Waals surface area contributed by atoms with Crippen LogP contribution in [0.2, 0.25) is 0 Å². The number of carbonyl (C=O) groups is 1. The largest absolute Gasteiger partial charge is 0.438 e. The molecule has 2 amide bonds. The van der Waals surface area contributed by atoms with E-state index in [1.54, 1.807) is 48.5 Å². The van der Waals surface area contributed by atoms with Crippen molar-refractivity contribution >= 4 is 17.4 Å². The lowest BCUT2D eigenvalue weighted by Crippen LogP contribution is -2.20. The number of para-hydroxylation sites is 1. The number of aromatic nitrogens is 2. The molecule has 0 saturated heterocycles. The Morgan fingerprint density at radius 1 is 0.960 bits per heavy atom. The molecule has 0 fully saturated rings. The number of urea groups is 1. The number of ether oxygens (including phenoxy) is 1. The van der Waals surface area contributed by atoms with Crippen LogP contribution in [0.1, 0.15) is 5.69 Å². The second-order valence-corrected chi connectivity index (χ2v) is 5.20. The van der Waals surface area contributed by atoms with E-state index in [4.69, 9.17) is 4.74 Å². The molecule has 0 bridgehead atoms. The van der Waals surface area contributed by atoms with Gasteiger partial charge >= 0.3 is 6.03 Å². The van der Waals surface area contributed by atoms with Crippen LogP contribution in [0.25, 0.3) is 0 Å². The number of halogens is 1. The second-order valence-electron chi connectivity index (χ2n) is 5.20. The molecule has 25 heavy (non-hydrogen) atoms. The van der Waals surface area contributed by atoms with Gasteiger partial charge in [-0.2, -0.15) is 5.10 Å². The molecule has 3 aromatic rings. The highest BCUT2D eigenvalue weighted by Gasteiger charge is 2.07. The summed E-state index contributed by atoms with van der Waals surface area (Å²) in [5.74, 6) is 0.433. The van der Waals surface area contributed by atoms with Gasteiger partial charge in [-0.3, -0.25) is 0 Å². The summed E-state index contributed by atoms with van der Waals surface area (Å²) in [6.45, 7) is 1.84. The molecular weight excluding hydrogens is 323 g/mol. The molecule has 2 N–H and O–H groups in total. The molecule has 7 heteroatoms. The lowest BCUT2D eigenvalue weighted by Gasteiger charge is -2.09. The van der Waals surface area contributed by atoms with Gasteiger partial charge in [-0.1, -0.05) is 12.1 Å². The first kappa shape index (κ1) is 16.4. The second kappa shape index (κ2) is 7.39. The number of carbonyl (C=O) groups excluding carboxylic acids is 1. The first-order chi connectivity index (χ1) is 12.1. The summed E-state index contributed by atoms with van der Waals surface area (Å²) in [7, 11) is 0. The molecule has 0 radical (unpaired) electrons. The summed E-state index contributed by atoms with van der Waals surface area (Å²) >= 11 is 0. The number of hydrogen-bond donors (Lipinski definition) is 2. The number of aryl methyl sites for hydroxylation is 1. The fraction of sp³-hybridized carbons (Fsp3) is 0.0556. The van der Waals surface area contributed by atoms with Crippen molar-refractivity contribution in [3.63, 3.8) is 0 Å². The van der Waals surface area contributed by atoms with E-state index in [0.717, 1.165) is 5.69 Å². The van der Waals surface area contributed by atoms with Crippen LogP contribution in [-0.2, 0) is 0 Å². The van der Waals surface area contributed by atoms with E-state index in [2.05, 4.69) is 20.8 Å². The lowest BCUT2D eigenvalue weighted by atomic mass is 10.3. The van der Waals surface area contributed by atoms with Crippen molar-refractivity contribution in [3.8, 4) is 11.6 Å². The van der Waals surface area contributed by atoms with Crippen molar-refractivity contribution in [1.29, 1.82) is 0 Å². The van der Waals surface area contributed by atoms with Crippen molar-refractivity contribution < 1.29 is 13.9 Å². The number of hydrogen-bond acceptors (Lipinski definition) is 4. The fourth-order valence-corrected chi connectivity index (χ4v) is 2.02. The zero-order chi connectivity index (χ0) is 17.6. The highest BCUT2D eigenvalue weighted by atomic mass is 19.1. The van der Waals surface area contributed by atoms with E-state index >= 15 is 0 Å². The Labute approximate surface area is 143 Å². The average molecular weight is 338 g/mol. The zero-order valence-electron chi connectivity index (χ0n) is 13.4. The summed E-state index contributed by atoms with van der Waals surface area (Å²) < 4.78 is 19.1. The molecule has 2 aromatic carbocycles. The molecule has 1 heterocycles. The highest BCUT2D eigenvalue weighted by Crippen LogP contribution is 2.21. The van der Waals surface area contributed by atoms with Gasteiger partial charge in [0.1, 0.15) is 11.6 Å². The molecule has 126 valence electrons. The van der Waals surface area contributed by atoms with E-state index in [1.165, 1.54) is 12.1 Å². The van der Waals surface area contributed by atoms with Crippen LogP contribution in [0.3, 0.4) is 0 Å². The Balaban J connectivity index is 1.59. The fourth-order valence-electron chi connectivity index (χ4n) is 2.02. The Morgan fingerprint density at radius 2 is 1.72 bits per heavy atom. The van der Waals surface area contributed by atoms with Gasteiger partial charge in [-0.05, 0) is 49.4 Å². The molecule has 0 aliphatic rings. The number of benzene rings is 2. The lowest BCUT2D eigenvalue weighted by molar-refractivity contribution is 0.262. The average Bonchev–Trinajstić information content (AvgIpc) is 2.61. The van der Waals surface area contributed by atoms with Crippen molar-refractivity contribution in [3.05, 3.63) is 72.2 Å². The van der Waals surface area contributed by atoms with Gasteiger partial charge in [-0.25, -0.2) is 9.18 Å². The van der Waals surface area contributed by atoms with Crippen LogP contribution in [0, 0.1) is 12.7 Å². The maximum atomic E-state index is 13.5. The Hall–Kier alpha value is -3.48. The van der Waals surface area contributed by atoms with Crippen LogP contribution >= 0.6 is 0 Å². The van der Waals surface area contributed by atoms with Crippen molar-refractivity contribution in [2.75, 3.05) is 10.6 Å². The third-order valence-corrected chi connectivity index (χ3v) is 3.23. The first-order valence-electron chi connectivity index (χ1n) is 7.51. The third-order valence-electron chi connectivity index (χ3n) is 3.23. The number of amides is 2. The predicted molar refractivity (Wildman–Crippen MR) is 92.3 cm³/mol. The maximum absolute atomic E-state index is 13.5. The van der Waals surface area contributed by atoms with E-state index in [1.807, 2.05) is 6.92 Å². The molecular formula is C18H15FN4O2. The van der Waals surface area contributed by atoms with E-state index in [0.29, 0.717) is 17.3 Å². The molecule has 1 aromatic heterocycles. The van der Waals surface area contributed by atoms with Crippen molar-refractivity contribution in [2.45, 2.75) is 6.92 Å². The maximum Gasteiger partial charge on any atom is 0.323 e. The van der Waals surface area contributed by atoms with Gasteiger partial charge < -0.3 is 15.4 Å². The Morgan fingerprint density at radius 3 is 2.40 bits per heavy atom. The van der Waals surface area contributed by atoms with Gasteiger partial charge in [0, 0.05) is 11.8 Å². The predicted octanol–water partition coefficient (Wildman–Crippen LogP) is 4.36. The minimum Gasteiger partial charge on any atom is -0.438 e. The van der Waals surface area contributed by atoms with E-state index in [9.17, 15) is 9.18 Å². The summed E-state index contributed by atoms with van der Waals surface area (Å²) in [6.07, 6.45) is 0. The standard InChI is InChI=1S/C18H15FN4O2/c1-12-6-11-17(23-22-12)25-14-9-7-13(8-10-14)20-18(24)21-16-5-3-2-4-15(16)19/h2-11H,1H3,(H2,20,21,24). The summed E-state index contributed by atoms with van der Waals surface area (Å²) in [5, 5.41) is 12.9. The summed E-state index contributed by atoms with van der Waals surface area (Å²) in [4.78, 5) is 11.9. The smallest absolute Gasteiger partial charge is 0.323 e. The Kier molecular flexibility index (Phi) is 4.84. The quantitative estimate of drug-likeness (QED) is 0.741. The number of anilines is 2. The number of rotatable bonds is 4. The van der Waals surface area contributed by atoms with Crippen LogP contribution in [0.15, 0.2) is 60.7 Å². The topological polar surface area (TPSA) is 76.1 Å². The third kappa shape index (κ3) is 4.51. The van der Waals surface area contributed by atoms with Gasteiger partial charge in [0.2, 0.25) is 5.88 Å². The van der Waals surface area contributed by atoms with Crippen LogP contribution in [0.5, 0.6) is 11.6 Å². The molecule has 0 aliphatic heterocycles. The normalized spacial score (nSPS) is 10.2. The molecule has 6 nitrogen and oxygen atoms in total. The van der Waals surface area contributed by atoms with Crippen LogP contribution < -0.4 is 15.4 Å². The first-order valence-corrected chi connectivity index (χ1v) is 7.51. The zero-order valence-corrected chi connectivity index (χ0v) is 13.4.